The largest absolute Gasteiger partial charge is 0.353 e. The number of nitro groups is 1. The van der Waals surface area contributed by atoms with Gasteiger partial charge in [0.05, 0.1) is 16.8 Å². The molecule has 0 spiro atoms. The number of aromatic nitrogens is 2. The summed E-state index contributed by atoms with van der Waals surface area (Å²) in [5, 5.41) is 26.5. The van der Waals surface area contributed by atoms with Gasteiger partial charge < -0.3 is 5.32 Å². The van der Waals surface area contributed by atoms with Gasteiger partial charge in [-0.05, 0) is 12.1 Å². The van der Waals surface area contributed by atoms with Crippen LogP contribution in [0.5, 0.6) is 0 Å². The van der Waals surface area contributed by atoms with Gasteiger partial charge in [-0.1, -0.05) is 0 Å². The van der Waals surface area contributed by atoms with Gasteiger partial charge in [0.15, 0.2) is 0 Å². The molecule has 1 aromatic carbocycles. The van der Waals surface area contributed by atoms with E-state index in [0.717, 1.165) is 5.69 Å². The van der Waals surface area contributed by atoms with Crippen molar-refractivity contribution in [2.75, 3.05) is 5.32 Å². The zero-order valence-electron chi connectivity index (χ0n) is 9.49. The Bertz CT molecular complexity index is 641. The highest BCUT2D eigenvalue weighted by Gasteiger charge is 2.13. The van der Waals surface area contributed by atoms with E-state index in [1.54, 1.807) is 36.3 Å². The molecule has 0 aliphatic carbocycles. The average Bonchev–Trinajstić information content (AvgIpc) is 2.74. The molecular formula is C11H9N5O2. The maximum absolute atomic E-state index is 10.7. The second-order valence-corrected chi connectivity index (χ2v) is 3.63. The summed E-state index contributed by atoms with van der Waals surface area (Å²) >= 11 is 0. The SMILES string of the molecule is Cn1cc(Nc2ccc([N+](=O)[O-])c(C#N)c2)cn1. The van der Waals surface area contributed by atoms with Crippen molar-refractivity contribution in [1.82, 2.24) is 9.78 Å². The molecule has 0 atom stereocenters. The molecule has 0 saturated heterocycles. The van der Waals surface area contributed by atoms with Crippen molar-refractivity contribution < 1.29 is 4.92 Å². The molecule has 0 unspecified atom stereocenters. The lowest BCUT2D eigenvalue weighted by molar-refractivity contribution is -0.385. The Morgan fingerprint density at radius 3 is 2.83 bits per heavy atom. The van der Waals surface area contributed by atoms with Gasteiger partial charge in [0, 0.05) is 25.0 Å². The summed E-state index contributed by atoms with van der Waals surface area (Å²) in [6.45, 7) is 0. The van der Waals surface area contributed by atoms with Crippen LogP contribution in [0.4, 0.5) is 17.1 Å². The Balaban J connectivity index is 2.31. The number of rotatable bonds is 3. The molecule has 90 valence electrons. The quantitative estimate of drug-likeness (QED) is 0.656. The lowest BCUT2D eigenvalue weighted by atomic mass is 10.1. The van der Waals surface area contributed by atoms with Gasteiger partial charge in [0.1, 0.15) is 11.6 Å². The number of hydrogen-bond acceptors (Lipinski definition) is 5. The van der Waals surface area contributed by atoms with E-state index in [0.29, 0.717) is 5.69 Å². The summed E-state index contributed by atoms with van der Waals surface area (Å²) < 4.78 is 1.62. The van der Waals surface area contributed by atoms with Crippen molar-refractivity contribution in [2.24, 2.45) is 7.05 Å². The summed E-state index contributed by atoms with van der Waals surface area (Å²) in [6.07, 6.45) is 3.38. The van der Waals surface area contributed by atoms with Gasteiger partial charge in [0.2, 0.25) is 0 Å². The lowest BCUT2D eigenvalue weighted by Gasteiger charge is -2.03. The Labute approximate surface area is 102 Å². The predicted molar refractivity (Wildman–Crippen MR) is 64.3 cm³/mol. The summed E-state index contributed by atoms with van der Waals surface area (Å²) in [7, 11) is 1.78. The summed E-state index contributed by atoms with van der Waals surface area (Å²) in [5.41, 5.74) is 1.17. The first-order valence-electron chi connectivity index (χ1n) is 5.04. The Hall–Kier alpha value is -2.88. The van der Waals surface area contributed by atoms with E-state index in [1.807, 2.05) is 0 Å². The third kappa shape index (κ3) is 2.27. The molecule has 1 heterocycles. The maximum Gasteiger partial charge on any atom is 0.287 e. The van der Waals surface area contributed by atoms with Gasteiger partial charge >= 0.3 is 0 Å². The van der Waals surface area contributed by atoms with E-state index in [-0.39, 0.29) is 11.3 Å². The second-order valence-electron chi connectivity index (χ2n) is 3.63. The summed E-state index contributed by atoms with van der Waals surface area (Å²) in [6, 6.07) is 6.09. The number of hydrogen-bond donors (Lipinski definition) is 1. The van der Waals surface area contributed by atoms with Gasteiger partial charge in [-0.25, -0.2) is 0 Å². The van der Waals surface area contributed by atoms with E-state index in [2.05, 4.69) is 10.4 Å². The molecule has 18 heavy (non-hydrogen) atoms. The first-order valence-corrected chi connectivity index (χ1v) is 5.04. The van der Waals surface area contributed by atoms with E-state index in [9.17, 15) is 10.1 Å². The lowest BCUT2D eigenvalue weighted by Crippen LogP contribution is -1.95. The molecule has 0 saturated carbocycles. The first kappa shape index (κ1) is 11.6. The van der Waals surface area contributed by atoms with Gasteiger partial charge in [-0.3, -0.25) is 14.8 Å². The molecule has 0 bridgehead atoms. The number of aryl methyl sites for hydroxylation is 1. The van der Waals surface area contributed by atoms with Crippen LogP contribution >= 0.6 is 0 Å². The van der Waals surface area contributed by atoms with Crippen LogP contribution in [0.3, 0.4) is 0 Å². The zero-order valence-corrected chi connectivity index (χ0v) is 9.49. The second kappa shape index (κ2) is 4.55. The molecule has 0 radical (unpaired) electrons. The molecule has 0 aliphatic rings. The van der Waals surface area contributed by atoms with Crippen LogP contribution in [0.2, 0.25) is 0 Å². The number of benzene rings is 1. The smallest absolute Gasteiger partial charge is 0.287 e. The monoisotopic (exact) mass is 243 g/mol. The van der Waals surface area contributed by atoms with Gasteiger partial charge in [-0.15, -0.1) is 0 Å². The maximum atomic E-state index is 10.7. The van der Waals surface area contributed by atoms with Gasteiger partial charge in [0.25, 0.3) is 5.69 Å². The zero-order chi connectivity index (χ0) is 13.1. The molecular weight excluding hydrogens is 234 g/mol. The number of nitrogens with one attached hydrogen (secondary N) is 1. The minimum absolute atomic E-state index is 0.0221. The van der Waals surface area contributed by atoms with E-state index >= 15 is 0 Å². The standard InChI is InChI=1S/C11H9N5O2/c1-15-7-10(6-13-15)14-9-2-3-11(16(17)18)8(4-9)5-12/h2-4,6-7,14H,1H3. The van der Waals surface area contributed by atoms with E-state index in [4.69, 9.17) is 5.26 Å². The van der Waals surface area contributed by atoms with Crippen molar-refractivity contribution >= 4 is 17.1 Å². The Morgan fingerprint density at radius 2 is 2.28 bits per heavy atom. The van der Waals surface area contributed by atoms with Crippen molar-refractivity contribution in [3.8, 4) is 6.07 Å². The highest BCUT2D eigenvalue weighted by Crippen LogP contribution is 2.24. The molecule has 0 fully saturated rings. The number of anilines is 2. The number of nitriles is 1. The van der Waals surface area contributed by atoms with E-state index in [1.165, 1.54) is 12.1 Å². The van der Waals surface area contributed by atoms with Crippen molar-refractivity contribution in [3.63, 3.8) is 0 Å². The normalized spacial score (nSPS) is 9.78. The molecule has 0 amide bonds. The average molecular weight is 243 g/mol. The van der Waals surface area contributed by atoms with Gasteiger partial charge in [-0.2, -0.15) is 10.4 Å². The molecule has 7 heteroatoms. The van der Waals surface area contributed by atoms with Crippen molar-refractivity contribution in [1.29, 1.82) is 5.26 Å². The van der Waals surface area contributed by atoms with Crippen molar-refractivity contribution in [3.05, 3.63) is 46.3 Å². The fourth-order valence-electron chi connectivity index (χ4n) is 1.51. The Kier molecular flexibility index (Phi) is 2.93. The van der Waals surface area contributed by atoms with Crippen LogP contribution in [-0.2, 0) is 7.05 Å². The molecule has 7 nitrogen and oxygen atoms in total. The van der Waals surface area contributed by atoms with Crippen molar-refractivity contribution in [2.45, 2.75) is 0 Å². The molecule has 1 N–H and O–H groups in total. The van der Waals surface area contributed by atoms with Crippen LogP contribution in [-0.4, -0.2) is 14.7 Å². The number of nitrogens with zero attached hydrogens (tertiary/aromatic N) is 4. The first-order chi connectivity index (χ1) is 8.60. The van der Waals surface area contributed by atoms with Crippen LogP contribution in [0.25, 0.3) is 0 Å². The van der Waals surface area contributed by atoms with E-state index < -0.39 is 4.92 Å². The summed E-state index contributed by atoms with van der Waals surface area (Å²) in [4.78, 5) is 10.1. The molecule has 1 aromatic heterocycles. The molecule has 0 aliphatic heterocycles. The topological polar surface area (TPSA) is 96.8 Å². The third-order valence-electron chi connectivity index (χ3n) is 2.31. The fraction of sp³-hybridized carbons (Fsp3) is 0.0909. The van der Waals surface area contributed by atoms with Crippen LogP contribution < -0.4 is 5.32 Å². The fourth-order valence-corrected chi connectivity index (χ4v) is 1.51. The van der Waals surface area contributed by atoms with Crippen LogP contribution in [0.1, 0.15) is 5.56 Å². The van der Waals surface area contributed by atoms with Crippen LogP contribution in [0.15, 0.2) is 30.6 Å². The third-order valence-corrected chi connectivity index (χ3v) is 2.31. The van der Waals surface area contributed by atoms with Crippen LogP contribution in [0, 0.1) is 21.4 Å². The minimum atomic E-state index is -0.577. The molecule has 2 rings (SSSR count). The highest BCUT2D eigenvalue weighted by atomic mass is 16.6. The Morgan fingerprint density at radius 1 is 1.50 bits per heavy atom. The summed E-state index contributed by atoms with van der Waals surface area (Å²) in [5.74, 6) is 0. The minimum Gasteiger partial charge on any atom is -0.353 e. The number of nitro benzene ring substituents is 1. The predicted octanol–water partition coefficient (Wildman–Crippen LogP) is 1.94. The molecule has 2 aromatic rings. The highest BCUT2D eigenvalue weighted by molar-refractivity contribution is 5.64.